The quantitative estimate of drug-likeness (QED) is 0.736. The minimum Gasteiger partial charge on any atom is -0.396 e. The van der Waals surface area contributed by atoms with Crippen LogP contribution < -0.4 is 4.90 Å². The molecule has 0 unspecified atom stereocenters. The summed E-state index contributed by atoms with van der Waals surface area (Å²) in [6.07, 6.45) is -2.42. The van der Waals surface area contributed by atoms with E-state index >= 15 is 0 Å². The van der Waals surface area contributed by atoms with Crippen molar-refractivity contribution in [1.29, 1.82) is 5.26 Å². The molecule has 5 nitrogen and oxygen atoms in total. The van der Waals surface area contributed by atoms with Crippen molar-refractivity contribution in [1.82, 2.24) is 4.90 Å². The molecule has 3 aliphatic rings. The first kappa shape index (κ1) is 22.7. The minimum absolute atomic E-state index is 0.0493. The van der Waals surface area contributed by atoms with E-state index in [2.05, 4.69) is 0 Å². The lowest BCUT2D eigenvalue weighted by Gasteiger charge is -2.43. The molecule has 3 fully saturated rings. The van der Waals surface area contributed by atoms with Crippen LogP contribution in [0.5, 0.6) is 0 Å². The number of aliphatic hydroxyl groups excluding tert-OH is 1. The Morgan fingerprint density at radius 1 is 1.12 bits per heavy atom. The molecule has 0 bridgehead atoms. The van der Waals surface area contributed by atoms with Gasteiger partial charge in [0, 0.05) is 43.2 Å². The van der Waals surface area contributed by atoms with Crippen LogP contribution in [0, 0.1) is 22.7 Å². The Bertz CT molecular complexity index is 1140. The molecule has 2 aromatic carbocycles. The number of rotatable bonds is 4. The van der Waals surface area contributed by atoms with E-state index in [0.29, 0.717) is 38.3 Å². The molecule has 178 valence electrons. The maximum atomic E-state index is 13.6. The van der Waals surface area contributed by atoms with Gasteiger partial charge in [0.2, 0.25) is 5.91 Å². The van der Waals surface area contributed by atoms with E-state index in [4.69, 9.17) is 5.26 Å². The fraction of sp³-hybridized carbons (Fsp3) is 0.462. The first-order valence-electron chi connectivity index (χ1n) is 11.5. The second kappa shape index (κ2) is 8.02. The third kappa shape index (κ3) is 3.63. The molecule has 8 heteroatoms. The average molecular weight is 470 g/mol. The molecule has 2 aromatic rings. The number of aliphatic hydroxyl groups is 1. The lowest BCUT2D eigenvalue weighted by Crippen LogP contribution is -2.49. The van der Waals surface area contributed by atoms with E-state index in [-0.39, 0.29) is 18.4 Å². The third-order valence-electron chi connectivity index (χ3n) is 8.01. The molecular formula is C26H26F3N3O2. The van der Waals surface area contributed by atoms with E-state index in [1.54, 1.807) is 12.1 Å². The highest BCUT2D eigenvalue weighted by molar-refractivity contribution is 5.91. The van der Waals surface area contributed by atoms with Crippen LogP contribution in [0.2, 0.25) is 0 Å². The van der Waals surface area contributed by atoms with E-state index in [1.807, 2.05) is 40.1 Å². The van der Waals surface area contributed by atoms with Crippen molar-refractivity contribution < 1.29 is 23.1 Å². The smallest absolute Gasteiger partial charge is 0.396 e. The van der Waals surface area contributed by atoms with Gasteiger partial charge in [0.15, 0.2) is 0 Å². The van der Waals surface area contributed by atoms with Crippen molar-refractivity contribution in [3.63, 3.8) is 0 Å². The molecule has 1 aliphatic carbocycles. The Morgan fingerprint density at radius 3 is 2.47 bits per heavy atom. The average Bonchev–Trinajstić information content (AvgIpc) is 3.57. The van der Waals surface area contributed by atoms with Gasteiger partial charge in [0.05, 0.1) is 29.2 Å². The number of benzene rings is 2. The summed E-state index contributed by atoms with van der Waals surface area (Å²) in [7, 11) is 0. The lowest BCUT2D eigenvalue weighted by molar-refractivity contribution is -0.137. The van der Waals surface area contributed by atoms with Gasteiger partial charge in [0.1, 0.15) is 0 Å². The molecular weight excluding hydrogens is 443 g/mol. The molecule has 0 radical (unpaired) electrons. The molecule has 1 amide bonds. The van der Waals surface area contributed by atoms with E-state index in [1.165, 1.54) is 6.07 Å². The first-order valence-corrected chi connectivity index (χ1v) is 11.5. The summed E-state index contributed by atoms with van der Waals surface area (Å²) in [5.74, 6) is 0.0389. The van der Waals surface area contributed by atoms with Crippen LogP contribution in [-0.4, -0.2) is 48.7 Å². The summed E-state index contributed by atoms with van der Waals surface area (Å²) in [6.45, 7) is 1.82. The summed E-state index contributed by atoms with van der Waals surface area (Å²) < 4.78 is 40.4. The number of hydrogen-bond acceptors (Lipinski definition) is 4. The van der Waals surface area contributed by atoms with Crippen LogP contribution in [0.15, 0.2) is 48.5 Å². The second-order valence-electron chi connectivity index (χ2n) is 9.89. The van der Waals surface area contributed by atoms with Gasteiger partial charge in [-0.1, -0.05) is 30.3 Å². The van der Waals surface area contributed by atoms with Gasteiger partial charge in [-0.3, -0.25) is 4.79 Å². The normalized spacial score (nSPS) is 25.6. The fourth-order valence-electron chi connectivity index (χ4n) is 5.80. The number of carbonyl (C=O) groups excluding carboxylic acids is 1. The van der Waals surface area contributed by atoms with Crippen LogP contribution in [0.25, 0.3) is 0 Å². The Labute approximate surface area is 196 Å². The SMILES string of the molecule is N#Cc1ccc(N2CC[C@@]3(CO)CN(C(=O)C4(c5ccccc5)CC4)C[C@H]3C2)cc1C(F)(F)F. The number of nitrogens with zero attached hydrogens (tertiary/aromatic N) is 3. The second-order valence-corrected chi connectivity index (χ2v) is 9.89. The van der Waals surface area contributed by atoms with E-state index in [0.717, 1.165) is 24.5 Å². The maximum Gasteiger partial charge on any atom is 0.417 e. The minimum atomic E-state index is -4.61. The molecule has 2 heterocycles. The molecule has 1 saturated carbocycles. The summed E-state index contributed by atoms with van der Waals surface area (Å²) in [6, 6.07) is 15.2. The topological polar surface area (TPSA) is 67.6 Å². The molecule has 2 saturated heterocycles. The first-order chi connectivity index (χ1) is 16.2. The van der Waals surface area contributed by atoms with Crippen molar-refractivity contribution >= 4 is 11.6 Å². The zero-order chi connectivity index (χ0) is 24.1. The predicted molar refractivity (Wildman–Crippen MR) is 120 cm³/mol. The number of fused-ring (bicyclic) bond motifs is 1. The number of piperidine rings is 1. The number of anilines is 1. The van der Waals surface area contributed by atoms with Crippen molar-refractivity contribution in [2.45, 2.75) is 30.9 Å². The van der Waals surface area contributed by atoms with Crippen LogP contribution in [-0.2, 0) is 16.4 Å². The number of carbonyl (C=O) groups is 1. The molecule has 0 spiro atoms. The van der Waals surface area contributed by atoms with Gasteiger partial charge in [-0.25, -0.2) is 0 Å². The van der Waals surface area contributed by atoms with Gasteiger partial charge in [-0.2, -0.15) is 18.4 Å². The Balaban J connectivity index is 1.37. The lowest BCUT2D eigenvalue weighted by atomic mass is 9.73. The van der Waals surface area contributed by atoms with E-state index in [9.17, 15) is 23.1 Å². The van der Waals surface area contributed by atoms with Gasteiger partial charge >= 0.3 is 6.18 Å². The summed E-state index contributed by atoms with van der Waals surface area (Å²) >= 11 is 0. The van der Waals surface area contributed by atoms with Crippen molar-refractivity contribution in [3.8, 4) is 6.07 Å². The highest BCUT2D eigenvalue weighted by Crippen LogP contribution is 2.52. The Kier molecular flexibility index (Phi) is 5.36. The van der Waals surface area contributed by atoms with Crippen molar-refractivity contribution in [3.05, 3.63) is 65.2 Å². The monoisotopic (exact) mass is 469 g/mol. The van der Waals surface area contributed by atoms with Crippen LogP contribution in [0.3, 0.4) is 0 Å². The molecule has 5 rings (SSSR count). The zero-order valence-corrected chi connectivity index (χ0v) is 18.7. The summed E-state index contributed by atoms with van der Waals surface area (Å²) in [4.78, 5) is 17.3. The number of hydrogen-bond donors (Lipinski definition) is 1. The van der Waals surface area contributed by atoms with Gasteiger partial charge in [-0.05, 0) is 43.0 Å². The van der Waals surface area contributed by atoms with Crippen LogP contribution >= 0.6 is 0 Å². The highest BCUT2D eigenvalue weighted by atomic mass is 19.4. The van der Waals surface area contributed by atoms with E-state index < -0.39 is 28.1 Å². The number of halogens is 3. The standard InChI is InChI=1S/C26H26F3N3O2/c27-26(28,29)22-12-21(7-6-18(22)13-30)31-11-10-24(17-33)16-32(15-20(24)14-31)23(34)25(8-9-25)19-4-2-1-3-5-19/h1-7,12,20,33H,8-11,14-17H2/t20-,24+/m1/s1. The third-order valence-corrected chi connectivity index (χ3v) is 8.01. The molecule has 0 aromatic heterocycles. The molecule has 2 aliphatic heterocycles. The van der Waals surface area contributed by atoms with Gasteiger partial charge < -0.3 is 14.9 Å². The highest BCUT2D eigenvalue weighted by Gasteiger charge is 2.57. The molecule has 2 atom stereocenters. The van der Waals surface area contributed by atoms with Gasteiger partial charge in [0.25, 0.3) is 0 Å². The fourth-order valence-corrected chi connectivity index (χ4v) is 5.80. The number of likely N-dealkylation sites (tertiary alicyclic amines) is 1. The molecule has 34 heavy (non-hydrogen) atoms. The Morgan fingerprint density at radius 2 is 1.85 bits per heavy atom. The largest absolute Gasteiger partial charge is 0.417 e. The Hall–Kier alpha value is -3.05. The number of alkyl halides is 3. The number of nitriles is 1. The summed E-state index contributed by atoms with van der Waals surface area (Å²) in [5, 5.41) is 19.4. The van der Waals surface area contributed by atoms with Gasteiger partial charge in [-0.15, -0.1) is 0 Å². The van der Waals surface area contributed by atoms with Crippen LogP contribution in [0.4, 0.5) is 18.9 Å². The maximum absolute atomic E-state index is 13.6. The summed E-state index contributed by atoms with van der Waals surface area (Å²) in [5.41, 5.74) is -0.838. The predicted octanol–water partition coefficient (Wildman–Crippen LogP) is 3.96. The van der Waals surface area contributed by atoms with Crippen LogP contribution in [0.1, 0.15) is 36.0 Å². The molecule has 1 N–H and O–H groups in total. The zero-order valence-electron chi connectivity index (χ0n) is 18.7. The van der Waals surface area contributed by atoms with Crippen molar-refractivity contribution in [2.75, 3.05) is 37.7 Å². The number of amides is 1. The van der Waals surface area contributed by atoms with Crippen molar-refractivity contribution in [2.24, 2.45) is 11.3 Å².